The summed E-state index contributed by atoms with van der Waals surface area (Å²) < 4.78 is 6.59. The Morgan fingerprint density at radius 1 is 1.34 bits per heavy atom. The van der Waals surface area contributed by atoms with Crippen molar-refractivity contribution in [1.29, 1.82) is 0 Å². The third kappa shape index (κ3) is 8.21. The van der Waals surface area contributed by atoms with E-state index < -0.39 is 18.1 Å². The minimum absolute atomic E-state index is 0.00882. The summed E-state index contributed by atoms with van der Waals surface area (Å²) in [6.07, 6.45) is 8.55. The predicted octanol–water partition coefficient (Wildman–Crippen LogP) is 4.07. The molecule has 0 bridgehead atoms. The third-order valence-electron chi connectivity index (χ3n) is 7.83. The number of carbonyl (C=O) groups excluding carboxylic acids is 1. The molecule has 35 heavy (non-hydrogen) atoms. The summed E-state index contributed by atoms with van der Waals surface area (Å²) in [6, 6.07) is 0. The molecule has 1 amide bonds. The molecule has 1 unspecified atom stereocenters. The van der Waals surface area contributed by atoms with Gasteiger partial charge in [-0.1, -0.05) is 59.4 Å². The SMILES string of the molecule is C=C(O[C@H]1C[C@@H](C)C=C2C=C[C@H](C)[C@H](CC[C@@H](O)C[C@@H](O)CC(=O)N/C(N)=N\C)C21)C(C)(C)CC. The lowest BCUT2D eigenvalue weighted by molar-refractivity contribution is -0.121. The van der Waals surface area contributed by atoms with Crippen LogP contribution in [0.15, 0.2) is 41.1 Å². The van der Waals surface area contributed by atoms with Gasteiger partial charge in [-0.05, 0) is 55.4 Å². The molecule has 2 aliphatic carbocycles. The van der Waals surface area contributed by atoms with Crippen molar-refractivity contribution in [3.05, 3.63) is 36.1 Å². The normalized spacial score (nSPS) is 28.5. The van der Waals surface area contributed by atoms with Gasteiger partial charge in [-0.3, -0.25) is 15.1 Å². The summed E-state index contributed by atoms with van der Waals surface area (Å²) in [5, 5.41) is 23.3. The zero-order valence-electron chi connectivity index (χ0n) is 22.5. The van der Waals surface area contributed by atoms with Crippen LogP contribution >= 0.6 is 0 Å². The van der Waals surface area contributed by atoms with Crippen LogP contribution < -0.4 is 11.1 Å². The van der Waals surface area contributed by atoms with Crippen LogP contribution in [-0.2, 0) is 9.53 Å². The van der Waals surface area contributed by atoms with Crippen molar-refractivity contribution in [2.24, 2.45) is 39.8 Å². The summed E-state index contributed by atoms with van der Waals surface area (Å²) in [5.41, 5.74) is 6.73. The van der Waals surface area contributed by atoms with Crippen molar-refractivity contribution in [3.8, 4) is 0 Å². The van der Waals surface area contributed by atoms with Gasteiger partial charge in [0, 0.05) is 18.4 Å². The first kappa shape index (κ1) is 29.1. The highest BCUT2D eigenvalue weighted by molar-refractivity contribution is 5.96. The molecule has 0 aromatic heterocycles. The first-order valence-electron chi connectivity index (χ1n) is 13.0. The highest BCUT2D eigenvalue weighted by Crippen LogP contribution is 2.46. The Labute approximate surface area is 211 Å². The molecule has 0 aromatic rings. The Hall–Kier alpha value is -2.12. The molecule has 198 valence electrons. The van der Waals surface area contributed by atoms with Gasteiger partial charge in [0.05, 0.1) is 24.4 Å². The minimum Gasteiger partial charge on any atom is -0.494 e. The monoisotopic (exact) mass is 489 g/mol. The van der Waals surface area contributed by atoms with Crippen LogP contribution in [-0.4, -0.2) is 47.4 Å². The number of nitrogens with two attached hydrogens (primary N) is 1. The van der Waals surface area contributed by atoms with Crippen molar-refractivity contribution in [1.82, 2.24) is 5.32 Å². The Balaban J connectivity index is 2.04. The maximum absolute atomic E-state index is 11.9. The van der Waals surface area contributed by atoms with E-state index in [-0.39, 0.29) is 36.2 Å². The second-order valence-electron chi connectivity index (χ2n) is 11.1. The number of ether oxygens (including phenoxy) is 1. The number of fused-ring (bicyclic) bond motifs is 1. The Bertz CT molecular complexity index is 832. The van der Waals surface area contributed by atoms with Gasteiger partial charge < -0.3 is 20.7 Å². The largest absolute Gasteiger partial charge is 0.494 e. The Morgan fingerprint density at radius 3 is 2.66 bits per heavy atom. The summed E-state index contributed by atoms with van der Waals surface area (Å²) >= 11 is 0. The number of allylic oxidation sites excluding steroid dienone is 4. The molecular weight excluding hydrogens is 442 g/mol. The van der Waals surface area contributed by atoms with E-state index in [9.17, 15) is 15.0 Å². The van der Waals surface area contributed by atoms with E-state index in [0.717, 1.165) is 25.0 Å². The smallest absolute Gasteiger partial charge is 0.229 e. The fourth-order valence-electron chi connectivity index (χ4n) is 5.12. The van der Waals surface area contributed by atoms with E-state index in [1.807, 2.05) is 0 Å². The maximum atomic E-state index is 11.9. The number of nitrogens with one attached hydrogen (secondary N) is 1. The molecule has 0 heterocycles. The van der Waals surface area contributed by atoms with E-state index in [0.29, 0.717) is 24.2 Å². The van der Waals surface area contributed by atoms with Crippen LogP contribution in [0.5, 0.6) is 0 Å². The summed E-state index contributed by atoms with van der Waals surface area (Å²) in [5.74, 6) is 1.78. The van der Waals surface area contributed by atoms with Crippen molar-refractivity contribution < 1.29 is 19.7 Å². The predicted molar refractivity (Wildman–Crippen MR) is 141 cm³/mol. The minimum atomic E-state index is -0.944. The van der Waals surface area contributed by atoms with Gasteiger partial charge in [0.2, 0.25) is 5.91 Å². The van der Waals surface area contributed by atoms with Crippen molar-refractivity contribution >= 4 is 11.9 Å². The number of aliphatic hydroxyl groups is 2. The van der Waals surface area contributed by atoms with Crippen molar-refractivity contribution in [3.63, 3.8) is 0 Å². The van der Waals surface area contributed by atoms with Gasteiger partial charge >= 0.3 is 0 Å². The molecule has 0 fully saturated rings. The van der Waals surface area contributed by atoms with Crippen LogP contribution in [0.25, 0.3) is 0 Å². The molecule has 0 aliphatic heterocycles. The van der Waals surface area contributed by atoms with Gasteiger partial charge in [-0.25, -0.2) is 0 Å². The quantitative estimate of drug-likeness (QED) is 0.198. The molecule has 2 aliphatic rings. The number of aliphatic imine (C=N–C) groups is 1. The summed E-state index contributed by atoms with van der Waals surface area (Å²) in [4.78, 5) is 15.6. The van der Waals surface area contributed by atoms with E-state index in [1.165, 1.54) is 12.6 Å². The molecule has 5 N–H and O–H groups in total. The molecule has 0 saturated carbocycles. The second-order valence-corrected chi connectivity index (χ2v) is 11.1. The zero-order chi connectivity index (χ0) is 26.3. The molecule has 0 saturated heterocycles. The van der Waals surface area contributed by atoms with Gasteiger partial charge in [-0.2, -0.15) is 0 Å². The first-order chi connectivity index (χ1) is 16.4. The van der Waals surface area contributed by atoms with Crippen molar-refractivity contribution in [2.45, 2.75) is 91.5 Å². The van der Waals surface area contributed by atoms with E-state index in [1.54, 1.807) is 0 Å². The molecular formula is C28H47N3O4. The lowest BCUT2D eigenvalue weighted by Crippen LogP contribution is -2.41. The molecule has 2 rings (SSSR count). The first-order valence-corrected chi connectivity index (χ1v) is 13.0. The van der Waals surface area contributed by atoms with E-state index in [2.05, 4.69) is 69.7 Å². The number of hydrogen-bond acceptors (Lipinski definition) is 5. The topological polar surface area (TPSA) is 117 Å². The lowest BCUT2D eigenvalue weighted by atomic mass is 9.65. The Kier molecular flexibility index (Phi) is 10.6. The van der Waals surface area contributed by atoms with E-state index >= 15 is 0 Å². The highest BCUT2D eigenvalue weighted by atomic mass is 16.5. The van der Waals surface area contributed by atoms with Gasteiger partial charge in [0.1, 0.15) is 6.10 Å². The molecule has 0 spiro atoms. The number of hydrogen-bond donors (Lipinski definition) is 4. The fraction of sp³-hybridized carbons (Fsp3) is 0.714. The average molecular weight is 490 g/mol. The number of carbonyl (C=O) groups is 1. The molecule has 7 atom stereocenters. The van der Waals surface area contributed by atoms with E-state index in [4.69, 9.17) is 10.5 Å². The molecule has 0 aromatic carbocycles. The molecule has 7 nitrogen and oxygen atoms in total. The molecule has 0 radical (unpaired) electrons. The third-order valence-corrected chi connectivity index (χ3v) is 7.83. The summed E-state index contributed by atoms with van der Waals surface area (Å²) in [7, 11) is 1.47. The summed E-state index contributed by atoms with van der Waals surface area (Å²) in [6.45, 7) is 15.2. The number of rotatable bonds is 11. The fourth-order valence-corrected chi connectivity index (χ4v) is 5.12. The maximum Gasteiger partial charge on any atom is 0.229 e. The van der Waals surface area contributed by atoms with Crippen LogP contribution in [0.4, 0.5) is 0 Å². The van der Waals surface area contributed by atoms with Crippen LogP contribution in [0.3, 0.4) is 0 Å². The number of aliphatic hydroxyl groups excluding tert-OH is 2. The highest BCUT2D eigenvalue weighted by Gasteiger charge is 2.41. The molecule has 7 heteroatoms. The van der Waals surface area contributed by atoms with Crippen LogP contribution in [0.1, 0.15) is 73.1 Å². The standard InChI is InChI=1S/C28H47N3O4/c1-8-28(5,6)19(4)35-24-14-17(2)13-20-10-9-18(3)23(26(20)24)12-11-21(32)15-22(33)16-25(34)31-27(29)30-7/h9-10,13,17-18,21-24,26,32-33H,4,8,11-12,14-16H2,1-3,5-7H3,(H3,29,30,31,34)/t17-,18-,21+,22+,23-,24-,26?/m0/s1. The van der Waals surface area contributed by atoms with Crippen molar-refractivity contribution in [2.75, 3.05) is 7.05 Å². The van der Waals surface area contributed by atoms with Gasteiger partial charge in [0.25, 0.3) is 0 Å². The van der Waals surface area contributed by atoms with Gasteiger partial charge in [0.15, 0.2) is 5.96 Å². The number of guanidine groups is 1. The lowest BCUT2D eigenvalue weighted by Gasteiger charge is -2.45. The number of amides is 1. The van der Waals surface area contributed by atoms with Crippen LogP contribution in [0, 0.1) is 29.1 Å². The van der Waals surface area contributed by atoms with Crippen LogP contribution in [0.2, 0.25) is 0 Å². The number of nitrogens with zero attached hydrogens (tertiary/aromatic N) is 1. The van der Waals surface area contributed by atoms with Gasteiger partial charge in [-0.15, -0.1) is 0 Å². The second kappa shape index (κ2) is 12.7. The average Bonchev–Trinajstić information content (AvgIpc) is 2.77. The zero-order valence-corrected chi connectivity index (χ0v) is 22.5. The Morgan fingerprint density at radius 2 is 2.03 bits per heavy atom.